The second-order valence-corrected chi connectivity index (χ2v) is 7.38. The first-order chi connectivity index (χ1) is 10.2. The Morgan fingerprint density at radius 2 is 1.64 bits per heavy atom. The largest absolute Gasteiger partial charge is 0.342 e. The van der Waals surface area contributed by atoms with Crippen LogP contribution in [-0.4, -0.2) is 38.4 Å². The molecule has 0 unspecified atom stereocenters. The zero-order valence-corrected chi connectivity index (χ0v) is 14.8. The van der Waals surface area contributed by atoms with Gasteiger partial charge in [0.15, 0.2) is 0 Å². The van der Waals surface area contributed by atoms with Crippen LogP contribution in [0.15, 0.2) is 29.2 Å². The number of likely N-dealkylation sites (N-methyl/N-ethyl adjacent to an activating group) is 1. The van der Waals surface area contributed by atoms with Crippen molar-refractivity contribution in [2.45, 2.75) is 45.6 Å². The van der Waals surface area contributed by atoms with Crippen molar-refractivity contribution >= 4 is 15.9 Å². The summed E-state index contributed by atoms with van der Waals surface area (Å²) >= 11 is 0. The predicted molar refractivity (Wildman–Crippen MR) is 88.1 cm³/mol. The van der Waals surface area contributed by atoms with Gasteiger partial charge in [-0.05, 0) is 38.8 Å². The summed E-state index contributed by atoms with van der Waals surface area (Å²) in [5, 5.41) is 0. The topological polar surface area (TPSA) is 66.5 Å². The summed E-state index contributed by atoms with van der Waals surface area (Å²) in [7, 11) is -3.71. The zero-order chi connectivity index (χ0) is 16.9. The van der Waals surface area contributed by atoms with Crippen molar-refractivity contribution in [2.24, 2.45) is 5.92 Å². The van der Waals surface area contributed by atoms with Gasteiger partial charge in [-0.3, -0.25) is 4.79 Å². The van der Waals surface area contributed by atoms with Crippen molar-refractivity contribution < 1.29 is 13.2 Å². The molecule has 0 saturated carbocycles. The van der Waals surface area contributed by atoms with Gasteiger partial charge in [0.05, 0.1) is 4.90 Å². The molecule has 0 bridgehead atoms. The number of nitrogens with zero attached hydrogens (tertiary/aromatic N) is 1. The summed E-state index contributed by atoms with van der Waals surface area (Å²) in [6.07, 6.45) is 0. The average molecular weight is 326 g/mol. The molecule has 0 aliphatic heterocycles. The smallest absolute Gasteiger partial charge is 0.241 e. The van der Waals surface area contributed by atoms with Crippen LogP contribution in [-0.2, 0) is 14.8 Å². The maximum Gasteiger partial charge on any atom is 0.241 e. The maximum atomic E-state index is 12.5. The van der Waals surface area contributed by atoms with E-state index in [4.69, 9.17) is 0 Å². The highest BCUT2D eigenvalue weighted by Gasteiger charge is 2.30. The molecule has 22 heavy (non-hydrogen) atoms. The van der Waals surface area contributed by atoms with Crippen LogP contribution in [0.4, 0.5) is 0 Å². The van der Waals surface area contributed by atoms with Crippen molar-refractivity contribution in [1.82, 2.24) is 9.62 Å². The predicted octanol–water partition coefficient (Wildman–Crippen LogP) is 2.17. The monoisotopic (exact) mass is 326 g/mol. The Kier molecular flexibility index (Phi) is 6.56. The lowest BCUT2D eigenvalue weighted by atomic mass is 10.0. The summed E-state index contributed by atoms with van der Waals surface area (Å²) in [4.78, 5) is 14.3. The summed E-state index contributed by atoms with van der Waals surface area (Å²) < 4.78 is 27.5. The Morgan fingerprint density at radius 3 is 2.05 bits per heavy atom. The second kappa shape index (κ2) is 7.74. The molecular weight excluding hydrogens is 300 g/mol. The van der Waals surface area contributed by atoms with Gasteiger partial charge in [0.2, 0.25) is 15.9 Å². The minimum Gasteiger partial charge on any atom is -0.342 e. The SMILES string of the molecule is CCN(CC)C(=O)[C@H](NS(=O)(=O)c1ccc(C)cc1)C(C)C. The third-order valence-electron chi connectivity index (χ3n) is 3.62. The molecule has 1 aromatic carbocycles. The molecular formula is C16H26N2O3S. The highest BCUT2D eigenvalue weighted by atomic mass is 32.2. The van der Waals surface area contributed by atoms with Crippen LogP contribution >= 0.6 is 0 Å². The van der Waals surface area contributed by atoms with Gasteiger partial charge in [0.25, 0.3) is 0 Å². The summed E-state index contributed by atoms with van der Waals surface area (Å²) in [6, 6.07) is 5.83. The standard InChI is InChI=1S/C16H26N2O3S/c1-6-18(7-2)16(19)15(12(3)4)17-22(20,21)14-10-8-13(5)9-11-14/h8-12,15,17H,6-7H2,1-5H3/t15-/m1/s1. The molecule has 0 aliphatic carbocycles. The molecule has 124 valence electrons. The van der Waals surface area contributed by atoms with Crippen molar-refractivity contribution in [3.05, 3.63) is 29.8 Å². The van der Waals surface area contributed by atoms with E-state index in [1.807, 2.05) is 34.6 Å². The van der Waals surface area contributed by atoms with Crippen molar-refractivity contribution in [2.75, 3.05) is 13.1 Å². The number of aryl methyl sites for hydroxylation is 1. The molecule has 5 nitrogen and oxygen atoms in total. The summed E-state index contributed by atoms with van der Waals surface area (Å²) in [6.45, 7) is 10.5. The van der Waals surface area contributed by atoms with E-state index < -0.39 is 16.1 Å². The Bertz CT molecular complexity index is 590. The number of benzene rings is 1. The van der Waals surface area contributed by atoms with Gasteiger partial charge in [-0.1, -0.05) is 31.5 Å². The van der Waals surface area contributed by atoms with Crippen LogP contribution in [0.3, 0.4) is 0 Å². The fraction of sp³-hybridized carbons (Fsp3) is 0.562. The molecule has 0 radical (unpaired) electrons. The van der Waals surface area contributed by atoms with Crippen molar-refractivity contribution in [3.63, 3.8) is 0 Å². The summed E-state index contributed by atoms with van der Waals surface area (Å²) in [5.41, 5.74) is 0.985. The Labute approximate surface area is 133 Å². The number of amides is 1. The van der Waals surface area contributed by atoms with E-state index in [1.165, 1.54) is 0 Å². The van der Waals surface area contributed by atoms with E-state index in [-0.39, 0.29) is 16.7 Å². The van der Waals surface area contributed by atoms with Gasteiger partial charge in [-0.15, -0.1) is 0 Å². The highest BCUT2D eigenvalue weighted by Crippen LogP contribution is 2.14. The number of carbonyl (C=O) groups excluding carboxylic acids is 1. The number of nitrogens with one attached hydrogen (secondary N) is 1. The van der Waals surface area contributed by atoms with Crippen LogP contribution in [0.25, 0.3) is 0 Å². The van der Waals surface area contributed by atoms with Crippen molar-refractivity contribution in [1.29, 1.82) is 0 Å². The molecule has 1 N–H and O–H groups in total. The first-order valence-electron chi connectivity index (χ1n) is 7.60. The van der Waals surface area contributed by atoms with Crippen molar-refractivity contribution in [3.8, 4) is 0 Å². The van der Waals surface area contributed by atoms with Gasteiger partial charge in [-0.25, -0.2) is 8.42 Å². The van der Waals surface area contributed by atoms with Crippen LogP contribution in [0.2, 0.25) is 0 Å². The number of rotatable bonds is 7. The lowest BCUT2D eigenvalue weighted by Crippen LogP contribution is -2.51. The molecule has 0 aromatic heterocycles. The van der Waals surface area contributed by atoms with E-state index >= 15 is 0 Å². The molecule has 0 aliphatic rings. The Balaban J connectivity index is 3.04. The number of hydrogen-bond donors (Lipinski definition) is 1. The van der Waals surface area contributed by atoms with E-state index in [9.17, 15) is 13.2 Å². The minimum absolute atomic E-state index is 0.131. The Morgan fingerprint density at radius 1 is 1.14 bits per heavy atom. The first kappa shape index (κ1) is 18.6. The lowest BCUT2D eigenvalue weighted by molar-refractivity contribution is -0.133. The third-order valence-corrected chi connectivity index (χ3v) is 5.08. The van der Waals surface area contributed by atoms with Gasteiger partial charge < -0.3 is 4.90 Å². The van der Waals surface area contributed by atoms with Crippen LogP contribution < -0.4 is 4.72 Å². The highest BCUT2D eigenvalue weighted by molar-refractivity contribution is 7.89. The molecule has 1 amide bonds. The summed E-state index contributed by atoms with van der Waals surface area (Å²) in [5.74, 6) is -0.316. The van der Waals surface area contributed by atoms with E-state index in [0.717, 1.165) is 5.56 Å². The van der Waals surface area contributed by atoms with Gasteiger partial charge >= 0.3 is 0 Å². The number of hydrogen-bond acceptors (Lipinski definition) is 3. The molecule has 0 saturated heterocycles. The Hall–Kier alpha value is -1.40. The molecule has 0 heterocycles. The fourth-order valence-electron chi connectivity index (χ4n) is 2.16. The lowest BCUT2D eigenvalue weighted by Gasteiger charge is -2.28. The normalized spacial score (nSPS) is 13.2. The number of carbonyl (C=O) groups is 1. The average Bonchev–Trinajstić information content (AvgIpc) is 2.46. The second-order valence-electron chi connectivity index (χ2n) is 5.67. The molecule has 1 rings (SSSR count). The minimum atomic E-state index is -3.71. The van der Waals surface area contributed by atoms with E-state index in [0.29, 0.717) is 13.1 Å². The zero-order valence-electron chi connectivity index (χ0n) is 14.0. The quantitative estimate of drug-likeness (QED) is 0.835. The molecule has 6 heteroatoms. The number of sulfonamides is 1. The van der Waals surface area contributed by atoms with E-state index in [1.54, 1.807) is 29.2 Å². The fourth-order valence-corrected chi connectivity index (χ4v) is 3.49. The maximum absolute atomic E-state index is 12.5. The van der Waals surface area contributed by atoms with E-state index in [2.05, 4.69) is 4.72 Å². The van der Waals surface area contributed by atoms with Gasteiger partial charge in [0.1, 0.15) is 6.04 Å². The van der Waals surface area contributed by atoms with Crippen LogP contribution in [0, 0.1) is 12.8 Å². The molecule has 0 spiro atoms. The van der Waals surface area contributed by atoms with Gasteiger partial charge in [-0.2, -0.15) is 4.72 Å². The molecule has 0 fully saturated rings. The van der Waals surface area contributed by atoms with Crippen LogP contribution in [0.1, 0.15) is 33.3 Å². The van der Waals surface area contributed by atoms with Crippen LogP contribution in [0.5, 0.6) is 0 Å². The third kappa shape index (κ3) is 4.55. The van der Waals surface area contributed by atoms with Gasteiger partial charge in [0, 0.05) is 13.1 Å². The first-order valence-corrected chi connectivity index (χ1v) is 9.09. The molecule has 1 aromatic rings. The molecule has 1 atom stereocenters.